The molecule has 0 aliphatic carbocycles. The molecule has 2 aromatic carbocycles. The van der Waals surface area contributed by atoms with E-state index in [2.05, 4.69) is 15.3 Å². The number of carbonyl (C=O) groups excluding carboxylic acids is 2. The average molecular weight is 437 g/mol. The summed E-state index contributed by atoms with van der Waals surface area (Å²) in [7, 11) is 1.49. The third-order valence-electron chi connectivity index (χ3n) is 5.27. The van der Waals surface area contributed by atoms with Gasteiger partial charge in [0.25, 0.3) is 11.5 Å². The van der Waals surface area contributed by atoms with E-state index in [1.807, 2.05) is 26.8 Å². The number of nitrogens with zero attached hydrogens (tertiary/aromatic N) is 2. The van der Waals surface area contributed by atoms with Crippen molar-refractivity contribution in [3.8, 4) is 5.75 Å². The third kappa shape index (κ3) is 4.96. The second-order valence-corrected chi connectivity index (χ2v) is 7.78. The minimum absolute atomic E-state index is 0.128. The summed E-state index contributed by atoms with van der Waals surface area (Å²) in [6.45, 7) is 6.10. The van der Waals surface area contributed by atoms with Gasteiger partial charge in [0, 0.05) is 6.54 Å². The van der Waals surface area contributed by atoms with Gasteiger partial charge >= 0.3 is 0 Å². The Hall–Kier alpha value is -3.68. The maximum absolute atomic E-state index is 13.4. The van der Waals surface area contributed by atoms with Crippen LogP contribution in [-0.4, -0.2) is 46.4 Å². The standard InChI is InChI=1S/C24H28N4O4/c1-5-28(14-20-25-18-12-8-6-10-16(18)22(29)26-20)24(31)21(15(2)3)27-23(30)17-11-7-9-13-19(17)32-4/h6-13,15,21H,5,14H2,1-4H3,(H,27,30)(H,25,26,29)/t21-/m0/s1. The fourth-order valence-corrected chi connectivity index (χ4v) is 3.50. The smallest absolute Gasteiger partial charge is 0.258 e. The number of ether oxygens (including phenoxy) is 1. The lowest BCUT2D eigenvalue weighted by Crippen LogP contribution is -2.51. The van der Waals surface area contributed by atoms with Gasteiger partial charge in [-0.25, -0.2) is 4.98 Å². The molecule has 32 heavy (non-hydrogen) atoms. The zero-order chi connectivity index (χ0) is 23.3. The second-order valence-electron chi connectivity index (χ2n) is 7.78. The number of amides is 2. The molecule has 2 N–H and O–H groups in total. The number of benzene rings is 2. The number of H-pyrrole nitrogens is 1. The lowest BCUT2D eigenvalue weighted by molar-refractivity contribution is -0.134. The summed E-state index contributed by atoms with van der Waals surface area (Å²) in [6.07, 6.45) is 0. The van der Waals surface area contributed by atoms with Gasteiger partial charge in [0.05, 0.1) is 30.1 Å². The number of aromatic nitrogens is 2. The number of carbonyl (C=O) groups is 2. The van der Waals surface area contributed by atoms with Crippen molar-refractivity contribution >= 4 is 22.7 Å². The topological polar surface area (TPSA) is 104 Å². The minimum Gasteiger partial charge on any atom is -0.496 e. The Morgan fingerprint density at radius 3 is 2.50 bits per heavy atom. The highest BCUT2D eigenvalue weighted by Crippen LogP contribution is 2.18. The molecule has 0 saturated heterocycles. The van der Waals surface area contributed by atoms with Crippen molar-refractivity contribution in [1.29, 1.82) is 0 Å². The number of likely N-dealkylation sites (N-methyl/N-ethyl adjacent to an activating group) is 1. The van der Waals surface area contributed by atoms with Crippen LogP contribution in [0.5, 0.6) is 5.75 Å². The summed E-state index contributed by atoms with van der Waals surface area (Å²) in [6, 6.07) is 13.2. The molecule has 1 heterocycles. The normalized spacial score (nSPS) is 11.9. The van der Waals surface area contributed by atoms with E-state index in [0.717, 1.165) is 0 Å². The summed E-state index contributed by atoms with van der Waals surface area (Å²) in [5.74, 6) is 0.0378. The summed E-state index contributed by atoms with van der Waals surface area (Å²) in [4.78, 5) is 47.4. The van der Waals surface area contributed by atoms with Crippen LogP contribution in [0, 0.1) is 5.92 Å². The number of aromatic amines is 1. The molecule has 0 unspecified atom stereocenters. The molecule has 2 amide bonds. The first kappa shape index (κ1) is 23.0. The van der Waals surface area contributed by atoms with Crippen LogP contribution in [0.3, 0.4) is 0 Å². The minimum atomic E-state index is -0.750. The molecule has 8 heteroatoms. The van der Waals surface area contributed by atoms with Crippen LogP contribution in [0.25, 0.3) is 10.9 Å². The van der Waals surface area contributed by atoms with E-state index in [4.69, 9.17) is 4.74 Å². The lowest BCUT2D eigenvalue weighted by atomic mass is 10.0. The molecular weight excluding hydrogens is 408 g/mol. The van der Waals surface area contributed by atoms with Crippen LogP contribution in [0.15, 0.2) is 53.3 Å². The summed E-state index contributed by atoms with van der Waals surface area (Å²) in [5, 5.41) is 3.34. The molecule has 0 bridgehead atoms. The maximum Gasteiger partial charge on any atom is 0.258 e. The van der Waals surface area contributed by atoms with E-state index in [1.165, 1.54) is 7.11 Å². The van der Waals surface area contributed by atoms with E-state index in [-0.39, 0.29) is 29.8 Å². The molecule has 0 aliphatic heterocycles. The number of rotatable bonds is 8. The molecule has 0 aliphatic rings. The SMILES string of the molecule is CCN(Cc1nc2ccccc2c(=O)[nH]1)C(=O)[C@@H](NC(=O)c1ccccc1OC)C(C)C. The van der Waals surface area contributed by atoms with Gasteiger partial charge in [-0.15, -0.1) is 0 Å². The Balaban J connectivity index is 1.82. The van der Waals surface area contributed by atoms with Gasteiger partial charge in [-0.2, -0.15) is 0 Å². The molecule has 0 fully saturated rings. The van der Waals surface area contributed by atoms with Crippen molar-refractivity contribution in [2.75, 3.05) is 13.7 Å². The fraction of sp³-hybridized carbons (Fsp3) is 0.333. The van der Waals surface area contributed by atoms with Crippen molar-refractivity contribution in [3.63, 3.8) is 0 Å². The van der Waals surface area contributed by atoms with Gasteiger partial charge in [0.1, 0.15) is 17.6 Å². The molecule has 0 spiro atoms. The van der Waals surface area contributed by atoms with Gasteiger partial charge in [-0.1, -0.05) is 38.1 Å². The number of hydrogen-bond acceptors (Lipinski definition) is 5. The van der Waals surface area contributed by atoms with Crippen LogP contribution in [-0.2, 0) is 11.3 Å². The summed E-state index contributed by atoms with van der Waals surface area (Å²) < 4.78 is 5.26. The van der Waals surface area contributed by atoms with E-state index in [0.29, 0.717) is 34.6 Å². The number of hydrogen-bond donors (Lipinski definition) is 2. The first-order valence-electron chi connectivity index (χ1n) is 10.6. The molecule has 8 nitrogen and oxygen atoms in total. The third-order valence-corrected chi connectivity index (χ3v) is 5.27. The Morgan fingerprint density at radius 2 is 1.81 bits per heavy atom. The van der Waals surface area contributed by atoms with Crippen molar-refractivity contribution in [2.24, 2.45) is 5.92 Å². The lowest BCUT2D eigenvalue weighted by Gasteiger charge is -2.29. The first-order chi connectivity index (χ1) is 15.3. The number of para-hydroxylation sites is 2. The van der Waals surface area contributed by atoms with Crippen molar-refractivity contribution in [3.05, 3.63) is 70.3 Å². The molecule has 1 atom stereocenters. The van der Waals surface area contributed by atoms with E-state index in [9.17, 15) is 14.4 Å². The van der Waals surface area contributed by atoms with Gasteiger partial charge in [-0.3, -0.25) is 14.4 Å². The van der Waals surface area contributed by atoms with Crippen LogP contribution < -0.4 is 15.6 Å². The van der Waals surface area contributed by atoms with E-state index < -0.39 is 6.04 Å². The molecule has 0 saturated carbocycles. The molecule has 1 aromatic heterocycles. The molecule has 0 radical (unpaired) electrons. The first-order valence-corrected chi connectivity index (χ1v) is 10.6. The molecule has 168 valence electrons. The van der Waals surface area contributed by atoms with E-state index >= 15 is 0 Å². The second kappa shape index (κ2) is 10.1. The van der Waals surface area contributed by atoms with Gasteiger partial charge in [0.2, 0.25) is 5.91 Å². The maximum atomic E-state index is 13.4. The molecular formula is C24H28N4O4. The largest absolute Gasteiger partial charge is 0.496 e. The van der Waals surface area contributed by atoms with Crippen molar-refractivity contribution < 1.29 is 14.3 Å². The van der Waals surface area contributed by atoms with E-state index in [1.54, 1.807) is 47.4 Å². The highest BCUT2D eigenvalue weighted by Gasteiger charge is 2.29. The molecule has 3 aromatic rings. The Morgan fingerprint density at radius 1 is 1.12 bits per heavy atom. The predicted molar refractivity (Wildman–Crippen MR) is 123 cm³/mol. The zero-order valence-corrected chi connectivity index (χ0v) is 18.7. The average Bonchev–Trinajstić information content (AvgIpc) is 2.80. The number of nitrogens with one attached hydrogen (secondary N) is 2. The number of fused-ring (bicyclic) bond motifs is 1. The zero-order valence-electron chi connectivity index (χ0n) is 18.7. The van der Waals surface area contributed by atoms with Crippen molar-refractivity contribution in [1.82, 2.24) is 20.2 Å². The Labute approximate surface area is 186 Å². The van der Waals surface area contributed by atoms with Crippen LogP contribution >= 0.6 is 0 Å². The van der Waals surface area contributed by atoms with Crippen molar-refractivity contribution in [2.45, 2.75) is 33.4 Å². The highest BCUT2D eigenvalue weighted by molar-refractivity contribution is 5.99. The fourth-order valence-electron chi connectivity index (χ4n) is 3.50. The van der Waals surface area contributed by atoms with Crippen LogP contribution in [0.1, 0.15) is 37.0 Å². The quantitative estimate of drug-likeness (QED) is 0.565. The van der Waals surface area contributed by atoms with Gasteiger partial charge in [-0.05, 0) is 37.1 Å². The summed E-state index contributed by atoms with van der Waals surface area (Å²) >= 11 is 0. The Kier molecular flexibility index (Phi) is 7.25. The monoisotopic (exact) mass is 436 g/mol. The molecule has 3 rings (SSSR count). The number of methoxy groups -OCH3 is 1. The van der Waals surface area contributed by atoms with Crippen LogP contribution in [0.2, 0.25) is 0 Å². The van der Waals surface area contributed by atoms with Crippen LogP contribution in [0.4, 0.5) is 0 Å². The summed E-state index contributed by atoms with van der Waals surface area (Å²) in [5.41, 5.74) is 0.677. The van der Waals surface area contributed by atoms with Gasteiger partial charge in [0.15, 0.2) is 0 Å². The van der Waals surface area contributed by atoms with Gasteiger partial charge < -0.3 is 19.9 Å². The highest BCUT2D eigenvalue weighted by atomic mass is 16.5. The Bertz CT molecular complexity index is 1170. The predicted octanol–water partition coefficient (Wildman–Crippen LogP) is 2.73.